The monoisotopic (exact) mass is 360 g/mol. The van der Waals surface area contributed by atoms with Crippen molar-refractivity contribution in [1.29, 1.82) is 0 Å². The van der Waals surface area contributed by atoms with Gasteiger partial charge in [0.1, 0.15) is 0 Å². The zero-order valence-electron chi connectivity index (χ0n) is 13.6. The van der Waals surface area contributed by atoms with Crippen LogP contribution in [-0.2, 0) is 13.0 Å². The van der Waals surface area contributed by atoms with Crippen molar-refractivity contribution >= 4 is 28.7 Å². The van der Waals surface area contributed by atoms with Gasteiger partial charge in [0.2, 0.25) is 6.79 Å². The van der Waals surface area contributed by atoms with Crippen molar-refractivity contribution in [2.24, 2.45) is 0 Å². The predicted octanol–water partition coefficient (Wildman–Crippen LogP) is 3.86. The van der Waals surface area contributed by atoms with Crippen LogP contribution in [0.3, 0.4) is 0 Å². The van der Waals surface area contributed by atoms with E-state index in [9.17, 15) is 0 Å². The Balaban J connectivity index is 1.43. The molecular formula is C18H20N2O2S2. The minimum Gasteiger partial charge on any atom is -0.454 e. The van der Waals surface area contributed by atoms with E-state index < -0.39 is 0 Å². The van der Waals surface area contributed by atoms with E-state index in [1.54, 1.807) is 0 Å². The number of nitrogens with one attached hydrogen (secondary N) is 1. The van der Waals surface area contributed by atoms with Crippen molar-refractivity contribution in [2.75, 3.05) is 13.3 Å². The molecule has 1 aromatic carbocycles. The number of rotatable bonds is 3. The summed E-state index contributed by atoms with van der Waals surface area (Å²) in [6.07, 6.45) is 2.14. The highest BCUT2D eigenvalue weighted by Gasteiger charge is 2.28. The fourth-order valence-electron chi connectivity index (χ4n) is 3.41. The van der Waals surface area contributed by atoms with Crippen molar-refractivity contribution in [3.63, 3.8) is 0 Å². The van der Waals surface area contributed by atoms with Gasteiger partial charge in [-0.1, -0.05) is 13.0 Å². The van der Waals surface area contributed by atoms with E-state index in [0.29, 0.717) is 19.4 Å². The van der Waals surface area contributed by atoms with E-state index >= 15 is 0 Å². The average molecular weight is 361 g/mol. The molecule has 0 saturated heterocycles. The van der Waals surface area contributed by atoms with Crippen LogP contribution in [0.1, 0.15) is 35.4 Å². The van der Waals surface area contributed by atoms with Crippen molar-refractivity contribution in [1.82, 2.24) is 10.2 Å². The van der Waals surface area contributed by atoms with E-state index in [2.05, 4.69) is 28.6 Å². The molecule has 6 heteroatoms. The van der Waals surface area contributed by atoms with Crippen LogP contribution in [0, 0.1) is 0 Å². The van der Waals surface area contributed by atoms with Gasteiger partial charge in [0.25, 0.3) is 0 Å². The zero-order valence-corrected chi connectivity index (χ0v) is 15.2. The van der Waals surface area contributed by atoms with Gasteiger partial charge in [-0.2, -0.15) is 0 Å². The maximum absolute atomic E-state index is 5.68. The number of nitrogens with zero attached hydrogens (tertiary/aromatic N) is 1. The first kappa shape index (κ1) is 15.7. The first-order valence-electron chi connectivity index (χ1n) is 8.25. The van der Waals surface area contributed by atoms with Gasteiger partial charge in [-0.05, 0) is 59.8 Å². The summed E-state index contributed by atoms with van der Waals surface area (Å²) in [6.45, 7) is 4.21. The fourth-order valence-corrected chi connectivity index (χ4v) is 4.63. The second-order valence-electron chi connectivity index (χ2n) is 6.01. The van der Waals surface area contributed by atoms with Gasteiger partial charge < -0.3 is 19.7 Å². The van der Waals surface area contributed by atoms with E-state index in [0.717, 1.165) is 41.6 Å². The van der Waals surface area contributed by atoms with Crippen molar-refractivity contribution < 1.29 is 9.47 Å². The normalized spacial score (nSPS) is 18.4. The lowest BCUT2D eigenvalue weighted by Crippen LogP contribution is -2.44. The van der Waals surface area contributed by atoms with Crippen LogP contribution in [0.4, 0.5) is 0 Å². The maximum atomic E-state index is 5.68. The third kappa shape index (κ3) is 2.84. The van der Waals surface area contributed by atoms with Gasteiger partial charge in [-0.3, -0.25) is 0 Å². The molecule has 2 aliphatic rings. The number of fused-ring (bicyclic) bond motifs is 2. The summed E-state index contributed by atoms with van der Waals surface area (Å²) in [4.78, 5) is 3.84. The molecule has 0 unspecified atom stereocenters. The molecule has 24 heavy (non-hydrogen) atoms. The number of thiophene rings is 1. The summed E-state index contributed by atoms with van der Waals surface area (Å²) in [5.41, 5.74) is 2.59. The second kappa shape index (κ2) is 6.61. The number of hydrogen-bond acceptors (Lipinski definition) is 4. The molecular weight excluding hydrogens is 340 g/mol. The smallest absolute Gasteiger partial charge is 0.231 e. The molecule has 4 nitrogen and oxygen atoms in total. The Bertz CT molecular complexity index is 759. The van der Waals surface area contributed by atoms with Crippen molar-refractivity contribution in [2.45, 2.75) is 32.4 Å². The van der Waals surface area contributed by atoms with Crippen LogP contribution in [0.5, 0.6) is 11.5 Å². The lowest BCUT2D eigenvalue weighted by Gasteiger charge is -2.37. The first-order valence-corrected chi connectivity index (χ1v) is 9.54. The molecule has 0 fully saturated rings. The summed E-state index contributed by atoms with van der Waals surface area (Å²) in [7, 11) is 0. The minimum atomic E-state index is 0.305. The summed E-state index contributed by atoms with van der Waals surface area (Å²) >= 11 is 7.54. The Labute approximate surface area is 151 Å². The Morgan fingerprint density at radius 3 is 3.08 bits per heavy atom. The average Bonchev–Trinajstić information content (AvgIpc) is 3.26. The lowest BCUT2D eigenvalue weighted by atomic mass is 9.98. The van der Waals surface area contributed by atoms with Gasteiger partial charge in [0.05, 0.1) is 6.04 Å². The fraction of sp³-hybridized carbons (Fsp3) is 0.389. The highest BCUT2D eigenvalue weighted by atomic mass is 32.1. The lowest BCUT2D eigenvalue weighted by molar-refractivity contribution is 0.174. The Kier molecular flexibility index (Phi) is 4.33. The Morgan fingerprint density at radius 2 is 2.21 bits per heavy atom. The summed E-state index contributed by atoms with van der Waals surface area (Å²) in [5.74, 6) is 1.63. The summed E-state index contributed by atoms with van der Waals surface area (Å²) in [6, 6.07) is 8.66. The molecule has 0 saturated carbocycles. The van der Waals surface area contributed by atoms with Crippen LogP contribution in [0.15, 0.2) is 29.6 Å². The number of benzene rings is 1. The molecule has 0 bridgehead atoms. The Hall–Kier alpha value is -1.79. The number of thiocarbonyl (C=S) groups is 1. The van der Waals surface area contributed by atoms with Gasteiger partial charge in [0, 0.05) is 18.0 Å². The van der Waals surface area contributed by atoms with Gasteiger partial charge in [-0.25, -0.2) is 0 Å². The highest BCUT2D eigenvalue weighted by molar-refractivity contribution is 7.80. The molecule has 126 valence electrons. The molecule has 3 heterocycles. The second-order valence-corrected chi connectivity index (χ2v) is 7.40. The molecule has 0 spiro atoms. The van der Waals surface area contributed by atoms with Crippen LogP contribution >= 0.6 is 23.6 Å². The summed E-state index contributed by atoms with van der Waals surface area (Å²) < 4.78 is 10.8. The SMILES string of the molecule is CC[C@H]1c2ccsc2CCN1C(=S)NCc1ccc2c(c1)OCO2. The zero-order chi connectivity index (χ0) is 16.5. The summed E-state index contributed by atoms with van der Waals surface area (Å²) in [5, 5.41) is 6.44. The molecule has 0 amide bonds. The van der Waals surface area contributed by atoms with Crippen molar-refractivity contribution in [3.05, 3.63) is 45.6 Å². The molecule has 1 aromatic heterocycles. The van der Waals surface area contributed by atoms with Gasteiger partial charge in [-0.15, -0.1) is 11.3 Å². The largest absolute Gasteiger partial charge is 0.454 e. The topological polar surface area (TPSA) is 33.7 Å². The Morgan fingerprint density at radius 1 is 1.33 bits per heavy atom. The van der Waals surface area contributed by atoms with Crippen molar-refractivity contribution in [3.8, 4) is 11.5 Å². The molecule has 1 atom stereocenters. The molecule has 0 aliphatic carbocycles. The quantitative estimate of drug-likeness (QED) is 0.841. The predicted molar refractivity (Wildman–Crippen MR) is 99.8 cm³/mol. The molecule has 2 aliphatic heterocycles. The minimum absolute atomic E-state index is 0.305. The maximum Gasteiger partial charge on any atom is 0.231 e. The van der Waals surface area contributed by atoms with E-state index in [1.165, 1.54) is 10.4 Å². The molecule has 2 aromatic rings. The van der Waals surface area contributed by atoms with E-state index in [1.807, 2.05) is 29.5 Å². The highest BCUT2D eigenvalue weighted by Crippen LogP contribution is 2.35. The van der Waals surface area contributed by atoms with E-state index in [-0.39, 0.29) is 0 Å². The molecule has 0 radical (unpaired) electrons. The third-order valence-electron chi connectivity index (χ3n) is 4.62. The molecule has 1 N–H and O–H groups in total. The van der Waals surface area contributed by atoms with Crippen LogP contribution < -0.4 is 14.8 Å². The van der Waals surface area contributed by atoms with Gasteiger partial charge >= 0.3 is 0 Å². The number of hydrogen-bond donors (Lipinski definition) is 1. The molecule has 4 rings (SSSR count). The first-order chi connectivity index (χ1) is 11.8. The standard InChI is InChI=1S/C18H20N2O2S2/c1-2-14-13-6-8-24-17(13)5-7-20(14)18(23)19-10-12-3-4-15-16(9-12)22-11-21-15/h3-4,6,8-9,14H,2,5,7,10-11H2,1H3,(H,19,23)/t14-/m0/s1. The van der Waals surface area contributed by atoms with Crippen LogP contribution in [0.2, 0.25) is 0 Å². The third-order valence-corrected chi connectivity index (χ3v) is 6.00. The van der Waals surface area contributed by atoms with Gasteiger partial charge in [0.15, 0.2) is 16.6 Å². The number of ether oxygens (including phenoxy) is 2. The van der Waals surface area contributed by atoms with Crippen LogP contribution in [-0.4, -0.2) is 23.4 Å². The van der Waals surface area contributed by atoms with E-state index in [4.69, 9.17) is 21.7 Å². The van der Waals surface area contributed by atoms with Crippen LogP contribution in [0.25, 0.3) is 0 Å².